The second-order valence-corrected chi connectivity index (χ2v) is 13.8. The Kier molecular flexibility index (Phi) is 6.17. The van der Waals surface area contributed by atoms with Crippen molar-refractivity contribution in [1.82, 2.24) is 4.23 Å². The van der Waals surface area contributed by atoms with Crippen LogP contribution in [0.2, 0.25) is 31.7 Å². The first-order chi connectivity index (χ1) is 5.93. The van der Waals surface area contributed by atoms with E-state index >= 15 is 0 Å². The zero-order valence-electron chi connectivity index (χ0n) is 10.4. The molecule has 80 valence electrons. The molecule has 0 unspecified atom stereocenters. The predicted molar refractivity (Wildman–Crippen MR) is 68.5 cm³/mol. The van der Waals surface area contributed by atoms with Crippen LogP contribution < -0.4 is 0 Å². The summed E-state index contributed by atoms with van der Waals surface area (Å²) in [6.45, 7) is 12.1. The molecule has 0 atom stereocenters. The Morgan fingerprint density at radius 1 is 1.00 bits per heavy atom. The highest BCUT2D eigenvalue weighted by Crippen LogP contribution is 2.16. The van der Waals surface area contributed by atoms with E-state index in [0.29, 0.717) is 0 Å². The largest absolute Gasteiger partial charge is 0.351 e. The first-order valence-corrected chi connectivity index (χ1v) is 11.3. The Labute approximate surface area is 87.3 Å². The summed E-state index contributed by atoms with van der Waals surface area (Å²) in [5.41, 5.74) is 0. The minimum Gasteiger partial charge on any atom is -0.351 e. The van der Waals surface area contributed by atoms with Gasteiger partial charge in [0.15, 0.2) is 0 Å². The SMILES string of the molecule is CCC[SiH](CCC)N(C)[Si](C)(C)C. The molecule has 1 nitrogen and oxygen atoms in total. The average molecular weight is 218 g/mol. The fourth-order valence-corrected chi connectivity index (χ4v) is 9.30. The van der Waals surface area contributed by atoms with Gasteiger partial charge in [0.25, 0.3) is 0 Å². The lowest BCUT2D eigenvalue weighted by Crippen LogP contribution is -2.51. The Hall–Kier alpha value is 0.394. The van der Waals surface area contributed by atoms with Crippen LogP contribution in [0.1, 0.15) is 26.7 Å². The molecular formula is C10H27NSi2. The summed E-state index contributed by atoms with van der Waals surface area (Å²) < 4.78 is 2.81. The molecule has 0 rings (SSSR count). The molecule has 0 bridgehead atoms. The molecule has 0 saturated heterocycles. The van der Waals surface area contributed by atoms with Crippen LogP contribution in [0, 0.1) is 0 Å². The van der Waals surface area contributed by atoms with Crippen molar-refractivity contribution in [3.63, 3.8) is 0 Å². The first kappa shape index (κ1) is 13.4. The Morgan fingerprint density at radius 2 is 1.38 bits per heavy atom. The van der Waals surface area contributed by atoms with Crippen LogP contribution in [0.25, 0.3) is 0 Å². The van der Waals surface area contributed by atoms with Gasteiger partial charge in [0, 0.05) is 0 Å². The van der Waals surface area contributed by atoms with Gasteiger partial charge in [-0.3, -0.25) is 0 Å². The highest BCUT2D eigenvalue weighted by atomic mass is 28.4. The fraction of sp³-hybridized carbons (Fsp3) is 1.00. The summed E-state index contributed by atoms with van der Waals surface area (Å²) in [7, 11) is 0.822. The van der Waals surface area contributed by atoms with E-state index in [-0.39, 0.29) is 0 Å². The summed E-state index contributed by atoms with van der Waals surface area (Å²) in [6.07, 6.45) is 2.76. The molecule has 0 N–H and O–H groups in total. The van der Waals surface area contributed by atoms with Gasteiger partial charge in [0.2, 0.25) is 0 Å². The van der Waals surface area contributed by atoms with E-state index < -0.39 is 17.2 Å². The van der Waals surface area contributed by atoms with Gasteiger partial charge in [-0.05, 0) is 19.1 Å². The van der Waals surface area contributed by atoms with Gasteiger partial charge in [-0.1, -0.05) is 46.3 Å². The first-order valence-electron chi connectivity index (χ1n) is 5.66. The average Bonchev–Trinajstić information content (AvgIpc) is 2.01. The second-order valence-electron chi connectivity index (χ2n) is 5.01. The molecule has 0 aromatic heterocycles. The van der Waals surface area contributed by atoms with Crippen molar-refractivity contribution in [2.45, 2.75) is 58.4 Å². The highest BCUT2D eigenvalue weighted by Gasteiger charge is 2.26. The van der Waals surface area contributed by atoms with Crippen LogP contribution in [-0.4, -0.2) is 28.5 Å². The lowest BCUT2D eigenvalue weighted by Gasteiger charge is -2.37. The van der Waals surface area contributed by atoms with Crippen LogP contribution in [0.4, 0.5) is 0 Å². The quantitative estimate of drug-likeness (QED) is 0.617. The third-order valence-electron chi connectivity index (χ3n) is 2.85. The molecule has 0 amide bonds. The monoisotopic (exact) mass is 217 g/mol. The fourth-order valence-electron chi connectivity index (χ4n) is 1.75. The molecule has 0 aliphatic carbocycles. The molecule has 0 spiro atoms. The summed E-state index contributed by atoms with van der Waals surface area (Å²) in [6, 6.07) is 3.02. The molecule has 0 fully saturated rings. The minimum absolute atomic E-state index is 0.558. The minimum atomic E-state index is -1.00. The van der Waals surface area contributed by atoms with Crippen molar-refractivity contribution in [3.05, 3.63) is 0 Å². The van der Waals surface area contributed by atoms with E-state index in [4.69, 9.17) is 0 Å². The topological polar surface area (TPSA) is 3.24 Å². The molecule has 3 heteroatoms. The molecule has 0 aromatic carbocycles. The lowest BCUT2D eigenvalue weighted by molar-refractivity contribution is 0.744. The van der Waals surface area contributed by atoms with Gasteiger partial charge in [-0.15, -0.1) is 0 Å². The Bertz CT molecular complexity index is 125. The van der Waals surface area contributed by atoms with E-state index in [1.54, 1.807) is 0 Å². The summed E-state index contributed by atoms with van der Waals surface area (Å²) in [4.78, 5) is 0. The highest BCUT2D eigenvalue weighted by molar-refractivity contribution is 6.83. The number of nitrogens with zero attached hydrogens (tertiary/aromatic N) is 1. The van der Waals surface area contributed by atoms with E-state index in [0.717, 1.165) is 0 Å². The van der Waals surface area contributed by atoms with Gasteiger partial charge in [-0.2, -0.15) is 0 Å². The third kappa shape index (κ3) is 4.98. The van der Waals surface area contributed by atoms with Crippen molar-refractivity contribution in [3.8, 4) is 0 Å². The van der Waals surface area contributed by atoms with Crippen molar-refractivity contribution < 1.29 is 0 Å². The maximum absolute atomic E-state index is 2.81. The second kappa shape index (κ2) is 5.99. The molecule has 0 saturated carbocycles. The van der Waals surface area contributed by atoms with Crippen LogP contribution in [-0.2, 0) is 0 Å². The van der Waals surface area contributed by atoms with Crippen LogP contribution >= 0.6 is 0 Å². The van der Waals surface area contributed by atoms with Crippen LogP contribution in [0.3, 0.4) is 0 Å². The number of hydrogen-bond donors (Lipinski definition) is 0. The third-order valence-corrected chi connectivity index (χ3v) is 12.0. The molecule has 0 radical (unpaired) electrons. The van der Waals surface area contributed by atoms with E-state index in [1.165, 1.54) is 24.9 Å². The van der Waals surface area contributed by atoms with Gasteiger partial charge < -0.3 is 4.23 Å². The zero-order valence-corrected chi connectivity index (χ0v) is 12.5. The molecule has 0 heterocycles. The molecular weight excluding hydrogens is 190 g/mol. The Morgan fingerprint density at radius 3 is 1.62 bits per heavy atom. The van der Waals surface area contributed by atoms with Gasteiger partial charge >= 0.3 is 0 Å². The number of hydrogen-bond acceptors (Lipinski definition) is 1. The van der Waals surface area contributed by atoms with E-state index in [9.17, 15) is 0 Å². The molecule has 13 heavy (non-hydrogen) atoms. The van der Waals surface area contributed by atoms with Crippen molar-refractivity contribution in [2.24, 2.45) is 0 Å². The van der Waals surface area contributed by atoms with Gasteiger partial charge in [0.05, 0.1) is 0 Å². The maximum Gasteiger partial charge on any atom is 0.111 e. The lowest BCUT2D eigenvalue weighted by atomic mass is 10.6. The Balaban J connectivity index is 4.18. The molecule has 0 aliphatic rings. The van der Waals surface area contributed by atoms with E-state index in [2.05, 4.69) is 44.8 Å². The predicted octanol–water partition coefficient (Wildman–Crippen LogP) is 3.30. The molecule has 0 aromatic rings. The van der Waals surface area contributed by atoms with Crippen molar-refractivity contribution >= 4 is 17.2 Å². The molecule has 0 aliphatic heterocycles. The summed E-state index contributed by atoms with van der Waals surface area (Å²) in [5, 5.41) is 0. The van der Waals surface area contributed by atoms with Gasteiger partial charge in [0.1, 0.15) is 17.2 Å². The maximum atomic E-state index is 2.81. The van der Waals surface area contributed by atoms with Crippen molar-refractivity contribution in [2.75, 3.05) is 7.05 Å². The number of rotatable bonds is 6. The normalized spacial score (nSPS) is 12.9. The summed E-state index contributed by atoms with van der Waals surface area (Å²) in [5.74, 6) is 0. The van der Waals surface area contributed by atoms with E-state index in [1.807, 2.05) is 0 Å². The standard InChI is InChI=1S/C10H27NSi2/c1-7-9-12(10-8-2)11(3)13(4,5)6/h12H,7-10H2,1-6H3. The van der Waals surface area contributed by atoms with Gasteiger partial charge in [-0.25, -0.2) is 0 Å². The smallest absolute Gasteiger partial charge is 0.111 e. The van der Waals surface area contributed by atoms with Crippen LogP contribution in [0.5, 0.6) is 0 Å². The van der Waals surface area contributed by atoms with Crippen molar-refractivity contribution in [1.29, 1.82) is 0 Å². The zero-order chi connectivity index (χ0) is 10.5. The summed E-state index contributed by atoms with van der Waals surface area (Å²) >= 11 is 0. The van der Waals surface area contributed by atoms with Crippen LogP contribution in [0.15, 0.2) is 0 Å².